The molecular formula is C17H21N3O5. The van der Waals surface area contributed by atoms with Crippen molar-refractivity contribution < 1.29 is 23.9 Å². The molecule has 2 heterocycles. The van der Waals surface area contributed by atoms with Crippen LogP contribution in [-0.2, 0) is 20.9 Å². The number of carbonyl (C=O) groups excluding carboxylic acids is 3. The van der Waals surface area contributed by atoms with Crippen LogP contribution in [0.3, 0.4) is 0 Å². The van der Waals surface area contributed by atoms with Crippen molar-refractivity contribution in [3.05, 3.63) is 29.3 Å². The first-order valence-electron chi connectivity index (χ1n) is 8.18. The lowest BCUT2D eigenvalue weighted by molar-refractivity contribution is -0.151. The Morgan fingerprint density at radius 1 is 1.16 bits per heavy atom. The fourth-order valence-electron chi connectivity index (χ4n) is 3.23. The molecule has 0 aliphatic carbocycles. The second-order valence-electron chi connectivity index (χ2n) is 6.33. The summed E-state index contributed by atoms with van der Waals surface area (Å²) in [6.07, 6.45) is 1.04. The van der Waals surface area contributed by atoms with Gasteiger partial charge in [0.2, 0.25) is 5.91 Å². The lowest BCUT2D eigenvalue weighted by Crippen LogP contribution is -2.62. The predicted molar refractivity (Wildman–Crippen MR) is 87.8 cm³/mol. The molecule has 8 nitrogen and oxygen atoms in total. The van der Waals surface area contributed by atoms with Crippen LogP contribution in [-0.4, -0.2) is 43.0 Å². The summed E-state index contributed by atoms with van der Waals surface area (Å²) < 4.78 is 11.2. The standard InChI is InChI=1S/C17H21N3O5/c18-15(22)11-1-2-12-8-20-9-17(16(19)23,25-13(12)7-11)14(21)10-3-5-24-6-4-10/h1-2,7,10,20H,3-6,8-9H2,(H2,18,22)(H2,19,23). The van der Waals surface area contributed by atoms with Crippen molar-refractivity contribution in [3.63, 3.8) is 0 Å². The van der Waals surface area contributed by atoms with E-state index in [1.807, 2.05) is 0 Å². The molecule has 134 valence electrons. The van der Waals surface area contributed by atoms with E-state index in [1.165, 1.54) is 6.07 Å². The Morgan fingerprint density at radius 3 is 2.52 bits per heavy atom. The number of benzene rings is 1. The first kappa shape index (κ1) is 17.4. The summed E-state index contributed by atoms with van der Waals surface area (Å²) in [5.74, 6) is -1.92. The maximum atomic E-state index is 13.1. The Balaban J connectivity index is 1.99. The van der Waals surface area contributed by atoms with Crippen molar-refractivity contribution in [2.75, 3.05) is 19.8 Å². The van der Waals surface area contributed by atoms with Crippen LogP contribution >= 0.6 is 0 Å². The molecule has 25 heavy (non-hydrogen) atoms. The molecule has 8 heteroatoms. The molecule has 1 fully saturated rings. The molecule has 1 aromatic rings. The van der Waals surface area contributed by atoms with Crippen molar-refractivity contribution in [2.45, 2.75) is 25.0 Å². The topological polar surface area (TPSA) is 134 Å². The van der Waals surface area contributed by atoms with Crippen LogP contribution in [0.15, 0.2) is 18.2 Å². The number of ether oxygens (including phenoxy) is 2. The van der Waals surface area contributed by atoms with Crippen molar-refractivity contribution in [2.24, 2.45) is 17.4 Å². The molecule has 1 aromatic carbocycles. The Hall–Kier alpha value is -2.45. The van der Waals surface area contributed by atoms with Crippen LogP contribution in [0.5, 0.6) is 5.75 Å². The molecule has 2 aliphatic heterocycles. The number of Topliss-reactive ketones (excluding diaryl/α,β-unsaturated/α-hetero) is 1. The van der Waals surface area contributed by atoms with Crippen LogP contribution in [0.25, 0.3) is 0 Å². The molecule has 2 amide bonds. The largest absolute Gasteiger partial charge is 0.468 e. The van der Waals surface area contributed by atoms with Gasteiger partial charge < -0.3 is 26.3 Å². The van der Waals surface area contributed by atoms with Crippen molar-refractivity contribution in [3.8, 4) is 5.75 Å². The number of nitrogens with two attached hydrogens (primary N) is 2. The summed E-state index contributed by atoms with van der Waals surface area (Å²) in [7, 11) is 0. The highest BCUT2D eigenvalue weighted by Crippen LogP contribution is 2.31. The van der Waals surface area contributed by atoms with Gasteiger partial charge in [-0.3, -0.25) is 14.4 Å². The summed E-state index contributed by atoms with van der Waals surface area (Å²) in [6, 6.07) is 4.70. The molecule has 1 unspecified atom stereocenters. The monoisotopic (exact) mass is 347 g/mol. The van der Waals surface area contributed by atoms with Crippen LogP contribution in [0.4, 0.5) is 0 Å². The van der Waals surface area contributed by atoms with E-state index in [0.29, 0.717) is 38.2 Å². The molecule has 2 aliphatic rings. The molecule has 0 saturated carbocycles. The van der Waals surface area contributed by atoms with E-state index in [9.17, 15) is 14.4 Å². The molecule has 0 aromatic heterocycles. The van der Waals surface area contributed by atoms with Gasteiger partial charge in [-0.25, -0.2) is 0 Å². The van der Waals surface area contributed by atoms with Crippen LogP contribution in [0.1, 0.15) is 28.8 Å². The van der Waals surface area contributed by atoms with Crippen LogP contribution in [0.2, 0.25) is 0 Å². The smallest absolute Gasteiger partial charge is 0.270 e. The number of fused-ring (bicyclic) bond motifs is 1. The van der Waals surface area contributed by atoms with E-state index in [1.54, 1.807) is 12.1 Å². The molecule has 3 rings (SSSR count). The van der Waals surface area contributed by atoms with E-state index in [2.05, 4.69) is 5.32 Å². The molecule has 1 saturated heterocycles. The minimum absolute atomic E-state index is 0.0287. The Labute approximate surface area is 144 Å². The second-order valence-corrected chi connectivity index (χ2v) is 6.33. The average molecular weight is 347 g/mol. The molecule has 1 atom stereocenters. The predicted octanol–water partition coefficient (Wildman–Crippen LogP) is -0.513. The highest BCUT2D eigenvalue weighted by molar-refractivity contribution is 6.10. The average Bonchev–Trinajstić information content (AvgIpc) is 2.81. The summed E-state index contributed by atoms with van der Waals surface area (Å²) in [5.41, 5.74) is 10.0. The maximum absolute atomic E-state index is 13.1. The lowest BCUT2D eigenvalue weighted by atomic mass is 9.83. The van der Waals surface area contributed by atoms with E-state index < -0.39 is 17.4 Å². The van der Waals surface area contributed by atoms with Gasteiger partial charge in [-0.05, 0) is 25.0 Å². The first-order valence-corrected chi connectivity index (χ1v) is 8.18. The van der Waals surface area contributed by atoms with Gasteiger partial charge in [-0.1, -0.05) is 6.07 Å². The van der Waals surface area contributed by atoms with Crippen molar-refractivity contribution in [1.29, 1.82) is 0 Å². The Bertz CT molecular complexity index is 714. The maximum Gasteiger partial charge on any atom is 0.270 e. The second kappa shape index (κ2) is 6.81. The normalized spacial score (nSPS) is 23.8. The van der Waals surface area contributed by atoms with Gasteiger partial charge in [0.05, 0.1) is 6.54 Å². The van der Waals surface area contributed by atoms with Gasteiger partial charge in [0, 0.05) is 36.8 Å². The highest BCUT2D eigenvalue weighted by atomic mass is 16.5. The summed E-state index contributed by atoms with van der Waals surface area (Å²) in [4.78, 5) is 36.8. The summed E-state index contributed by atoms with van der Waals surface area (Å²) >= 11 is 0. The van der Waals surface area contributed by atoms with E-state index in [4.69, 9.17) is 20.9 Å². The van der Waals surface area contributed by atoms with Gasteiger partial charge in [0.15, 0.2) is 5.78 Å². The van der Waals surface area contributed by atoms with Crippen molar-refractivity contribution >= 4 is 17.6 Å². The number of rotatable bonds is 4. The zero-order chi connectivity index (χ0) is 18.0. The van der Waals surface area contributed by atoms with Gasteiger partial charge >= 0.3 is 0 Å². The highest BCUT2D eigenvalue weighted by Gasteiger charge is 2.50. The molecule has 0 spiro atoms. The summed E-state index contributed by atoms with van der Waals surface area (Å²) in [5, 5.41) is 3.05. The molecule has 0 bridgehead atoms. The Morgan fingerprint density at radius 2 is 1.88 bits per heavy atom. The number of amides is 2. The lowest BCUT2D eigenvalue weighted by Gasteiger charge is -2.33. The van der Waals surface area contributed by atoms with E-state index >= 15 is 0 Å². The van der Waals surface area contributed by atoms with Gasteiger partial charge in [-0.15, -0.1) is 0 Å². The third kappa shape index (κ3) is 3.22. The number of hydrogen-bond donors (Lipinski definition) is 3. The van der Waals surface area contributed by atoms with E-state index in [0.717, 1.165) is 0 Å². The minimum atomic E-state index is -1.82. The number of hydrogen-bond acceptors (Lipinski definition) is 6. The Kier molecular flexibility index (Phi) is 4.73. The zero-order valence-corrected chi connectivity index (χ0v) is 13.7. The van der Waals surface area contributed by atoms with Crippen LogP contribution in [0, 0.1) is 5.92 Å². The van der Waals surface area contributed by atoms with Crippen molar-refractivity contribution in [1.82, 2.24) is 5.32 Å². The quantitative estimate of drug-likeness (QED) is 0.628. The molecular weight excluding hydrogens is 326 g/mol. The zero-order valence-electron chi connectivity index (χ0n) is 13.7. The fraction of sp³-hybridized carbons (Fsp3) is 0.471. The van der Waals surface area contributed by atoms with Crippen LogP contribution < -0.4 is 21.5 Å². The van der Waals surface area contributed by atoms with Gasteiger partial charge in [0.1, 0.15) is 5.75 Å². The number of primary amides is 2. The first-order chi connectivity index (χ1) is 11.9. The molecule has 5 N–H and O–H groups in total. The van der Waals surface area contributed by atoms with E-state index in [-0.39, 0.29) is 29.6 Å². The third-order valence-electron chi connectivity index (χ3n) is 4.71. The molecule has 0 radical (unpaired) electrons. The fourth-order valence-corrected chi connectivity index (χ4v) is 3.23. The number of ketones is 1. The number of carbonyl (C=O) groups is 3. The van der Waals surface area contributed by atoms with Gasteiger partial charge in [0.25, 0.3) is 11.5 Å². The number of nitrogens with one attached hydrogen (secondary N) is 1. The summed E-state index contributed by atoms with van der Waals surface area (Å²) in [6.45, 7) is 1.27. The SMILES string of the molecule is NC(=O)c1ccc2c(c1)OC(C(N)=O)(C(=O)C1CCOCC1)CNC2. The minimum Gasteiger partial charge on any atom is -0.468 e. The third-order valence-corrected chi connectivity index (χ3v) is 4.71. The van der Waals surface area contributed by atoms with Gasteiger partial charge in [-0.2, -0.15) is 0 Å².